The summed E-state index contributed by atoms with van der Waals surface area (Å²) in [6.45, 7) is 4.17. The van der Waals surface area contributed by atoms with Gasteiger partial charge in [0, 0.05) is 6.54 Å². The predicted molar refractivity (Wildman–Crippen MR) is 97.3 cm³/mol. The van der Waals surface area contributed by atoms with E-state index in [0.29, 0.717) is 32.0 Å². The Bertz CT molecular complexity index is 587. The second kappa shape index (κ2) is 10.7. The van der Waals surface area contributed by atoms with Crippen LogP contribution in [-0.4, -0.2) is 42.8 Å². The third-order valence-electron chi connectivity index (χ3n) is 4.38. The van der Waals surface area contributed by atoms with Gasteiger partial charge in [-0.25, -0.2) is 0 Å². The zero-order valence-electron chi connectivity index (χ0n) is 15.0. The smallest absolute Gasteiger partial charge is 0.313 e. The summed E-state index contributed by atoms with van der Waals surface area (Å²) >= 11 is 0. The molecule has 3 unspecified atom stereocenters. The van der Waals surface area contributed by atoms with Gasteiger partial charge in [-0.3, -0.25) is 14.9 Å². The molecule has 0 amide bonds. The first-order chi connectivity index (χ1) is 12.6. The van der Waals surface area contributed by atoms with Crippen LogP contribution < -0.4 is 5.32 Å². The highest BCUT2D eigenvalue weighted by Gasteiger charge is 2.39. The van der Waals surface area contributed by atoms with E-state index in [4.69, 9.17) is 9.47 Å². The first-order valence-corrected chi connectivity index (χ1v) is 8.98. The lowest BCUT2D eigenvalue weighted by molar-refractivity contribution is -0.402. The maximum absolute atomic E-state index is 12.0. The minimum absolute atomic E-state index is 0.239. The molecule has 0 spiro atoms. The molecule has 3 atom stereocenters. The molecule has 2 aliphatic rings. The van der Waals surface area contributed by atoms with Gasteiger partial charge >= 0.3 is 5.97 Å². The largest absolute Gasteiger partial charge is 0.466 e. The second-order valence-electron chi connectivity index (χ2n) is 6.20. The average Bonchev–Trinajstić information content (AvgIpc) is 2.62. The topological polar surface area (TPSA) is 90.7 Å². The molecular weight excluding hydrogens is 336 g/mol. The highest BCUT2D eigenvalue weighted by molar-refractivity contribution is 5.78. The Morgan fingerprint density at radius 3 is 2.65 bits per heavy atom. The fraction of sp³-hybridized carbons (Fsp3) is 0.526. The zero-order chi connectivity index (χ0) is 18.8. The van der Waals surface area contributed by atoms with Gasteiger partial charge in [-0.05, 0) is 37.8 Å². The number of esters is 1. The maximum atomic E-state index is 12.0. The number of allylic oxidation sites excluding steroid dienone is 1. The third kappa shape index (κ3) is 6.24. The molecule has 26 heavy (non-hydrogen) atoms. The van der Waals surface area contributed by atoms with Crippen LogP contribution in [-0.2, 0) is 14.3 Å². The van der Waals surface area contributed by atoms with Gasteiger partial charge in [0.1, 0.15) is 0 Å². The van der Waals surface area contributed by atoms with E-state index in [1.165, 1.54) is 6.08 Å². The molecule has 3 rings (SSSR count). The van der Waals surface area contributed by atoms with Gasteiger partial charge in [-0.1, -0.05) is 30.3 Å². The summed E-state index contributed by atoms with van der Waals surface area (Å²) in [6, 6.07) is 10.2. The molecule has 2 saturated heterocycles. The average molecular weight is 362 g/mol. The Kier molecular flexibility index (Phi) is 8.24. The summed E-state index contributed by atoms with van der Waals surface area (Å²) in [5.74, 6) is -0.544. The molecule has 7 heteroatoms. The van der Waals surface area contributed by atoms with Gasteiger partial charge in [0.05, 0.1) is 36.2 Å². The van der Waals surface area contributed by atoms with Crippen molar-refractivity contribution >= 4 is 5.97 Å². The van der Waals surface area contributed by atoms with Crippen molar-refractivity contribution in [2.24, 2.45) is 0 Å². The van der Waals surface area contributed by atoms with E-state index in [1.54, 1.807) is 6.92 Å². The molecule has 2 aliphatic heterocycles. The molecule has 1 aromatic rings. The Balaban J connectivity index is 0.000000331. The molecule has 0 radical (unpaired) electrons. The summed E-state index contributed by atoms with van der Waals surface area (Å²) in [4.78, 5) is 21.6. The van der Waals surface area contributed by atoms with Crippen LogP contribution in [0, 0.1) is 10.1 Å². The van der Waals surface area contributed by atoms with Gasteiger partial charge in [0.2, 0.25) is 6.20 Å². The van der Waals surface area contributed by atoms with Crippen molar-refractivity contribution in [3.8, 4) is 0 Å². The number of benzene rings is 1. The fourth-order valence-electron chi connectivity index (χ4n) is 2.78. The molecule has 7 nitrogen and oxygen atoms in total. The number of nitrogens with zero attached hydrogens (tertiary/aromatic N) is 1. The third-order valence-corrected chi connectivity index (χ3v) is 4.38. The van der Waals surface area contributed by atoms with Gasteiger partial charge in [-0.15, -0.1) is 0 Å². The molecule has 0 aliphatic carbocycles. The number of carbonyl (C=O) groups is 1. The standard InChI is InChI=1S/C15H19NO4.C4H7NO/c1-2-20-15(17)14(13-9-5-3-6-10-13)11-7-4-8-12-16(18)19;1-4-3(5-1)2-6-4/h3,5-6,8-10,12,14H,2,4,7,11H2,1H3;3-5H,1-2H2. The van der Waals surface area contributed by atoms with Gasteiger partial charge in [-0.2, -0.15) is 0 Å². The molecule has 142 valence electrons. The molecule has 0 bridgehead atoms. The molecule has 1 N–H and O–H groups in total. The first-order valence-electron chi connectivity index (χ1n) is 8.98. The number of hydrogen-bond donors (Lipinski definition) is 1. The Labute approximate surface area is 153 Å². The van der Waals surface area contributed by atoms with Crippen LogP contribution in [0.25, 0.3) is 0 Å². The number of morpholine rings is 1. The monoisotopic (exact) mass is 362 g/mol. The minimum Gasteiger partial charge on any atom is -0.466 e. The summed E-state index contributed by atoms with van der Waals surface area (Å²) in [7, 11) is 0. The van der Waals surface area contributed by atoms with Gasteiger partial charge in [0.25, 0.3) is 0 Å². The first kappa shape index (κ1) is 20.1. The molecule has 1 aromatic carbocycles. The van der Waals surface area contributed by atoms with Crippen LogP contribution in [0.1, 0.15) is 37.7 Å². The number of fused-ring (bicyclic) bond motifs is 1. The second-order valence-corrected chi connectivity index (χ2v) is 6.20. The van der Waals surface area contributed by atoms with E-state index in [-0.39, 0.29) is 11.9 Å². The lowest BCUT2D eigenvalue weighted by Gasteiger charge is -2.46. The Morgan fingerprint density at radius 1 is 1.46 bits per heavy atom. The van der Waals surface area contributed by atoms with E-state index in [1.807, 2.05) is 30.3 Å². The van der Waals surface area contributed by atoms with Crippen molar-refractivity contribution in [1.82, 2.24) is 5.32 Å². The number of hydrogen-bond acceptors (Lipinski definition) is 6. The molecular formula is C19H26N2O5. The Morgan fingerprint density at radius 2 is 2.19 bits per heavy atom. The molecule has 0 saturated carbocycles. The highest BCUT2D eigenvalue weighted by Crippen LogP contribution is 2.23. The minimum atomic E-state index is -0.486. The van der Waals surface area contributed by atoms with Crippen LogP contribution >= 0.6 is 0 Å². The lowest BCUT2D eigenvalue weighted by atomic mass is 9.93. The van der Waals surface area contributed by atoms with E-state index in [9.17, 15) is 14.9 Å². The molecule has 2 heterocycles. The van der Waals surface area contributed by atoms with Gasteiger partial charge < -0.3 is 14.8 Å². The number of rotatable bonds is 8. The fourth-order valence-corrected chi connectivity index (χ4v) is 2.78. The van der Waals surface area contributed by atoms with Gasteiger partial charge in [0.15, 0.2) is 0 Å². The van der Waals surface area contributed by atoms with E-state index >= 15 is 0 Å². The number of nitrogens with one attached hydrogen (secondary N) is 1. The van der Waals surface area contributed by atoms with Crippen molar-refractivity contribution in [2.45, 2.75) is 44.2 Å². The summed E-state index contributed by atoms with van der Waals surface area (Å²) < 4.78 is 10.2. The normalized spacial score (nSPS) is 21.4. The van der Waals surface area contributed by atoms with Crippen LogP contribution in [0.4, 0.5) is 0 Å². The summed E-state index contributed by atoms with van der Waals surface area (Å²) in [5.41, 5.74) is 0.921. The lowest BCUT2D eigenvalue weighted by Crippen LogP contribution is -2.68. The van der Waals surface area contributed by atoms with Crippen molar-refractivity contribution in [3.05, 3.63) is 58.3 Å². The zero-order valence-corrected chi connectivity index (χ0v) is 15.0. The maximum Gasteiger partial charge on any atom is 0.313 e. The van der Waals surface area contributed by atoms with E-state index < -0.39 is 4.92 Å². The Hall–Kier alpha value is -2.25. The van der Waals surface area contributed by atoms with E-state index in [0.717, 1.165) is 31.0 Å². The van der Waals surface area contributed by atoms with E-state index in [2.05, 4.69) is 5.32 Å². The van der Waals surface area contributed by atoms with Crippen molar-refractivity contribution < 1.29 is 19.2 Å². The van der Waals surface area contributed by atoms with Crippen molar-refractivity contribution in [2.75, 3.05) is 19.8 Å². The van der Waals surface area contributed by atoms with Crippen LogP contribution in [0.5, 0.6) is 0 Å². The number of unbranched alkanes of at least 4 members (excludes halogenated alkanes) is 1. The summed E-state index contributed by atoms with van der Waals surface area (Å²) in [5, 5.41) is 13.4. The number of ether oxygens (including phenoxy) is 2. The molecule has 2 fully saturated rings. The van der Waals surface area contributed by atoms with Crippen LogP contribution in [0.3, 0.4) is 0 Å². The molecule has 0 aromatic heterocycles. The number of carbonyl (C=O) groups excluding carboxylic acids is 1. The number of nitro groups is 1. The highest BCUT2D eigenvalue weighted by atomic mass is 16.6. The summed E-state index contributed by atoms with van der Waals surface area (Å²) in [6.07, 6.45) is 4.93. The predicted octanol–water partition coefficient (Wildman–Crippen LogP) is 2.65. The van der Waals surface area contributed by atoms with Crippen LogP contribution in [0.2, 0.25) is 0 Å². The quantitative estimate of drug-likeness (QED) is 0.331. The van der Waals surface area contributed by atoms with Crippen molar-refractivity contribution in [3.63, 3.8) is 0 Å². The SMILES string of the molecule is C1OC2CNC12.CCOC(=O)C(CCCC=C[N+](=O)[O-])c1ccccc1. The van der Waals surface area contributed by atoms with Crippen LogP contribution in [0.15, 0.2) is 42.6 Å². The van der Waals surface area contributed by atoms with Crippen molar-refractivity contribution in [1.29, 1.82) is 0 Å².